The van der Waals surface area contributed by atoms with E-state index in [1.165, 1.54) is 12.7 Å². The van der Waals surface area contributed by atoms with E-state index in [9.17, 15) is 4.79 Å². The van der Waals surface area contributed by atoms with E-state index in [0.717, 1.165) is 16.5 Å². The standard InChI is InChI=1S/C18H11N3O2/c22-18-15(12-4-2-1-3-5-12)8-13-6-7-14(9-16(13)23-18)17-20-10-19-11-21-17/h1-11H. The monoisotopic (exact) mass is 301 g/mol. The summed E-state index contributed by atoms with van der Waals surface area (Å²) < 4.78 is 5.48. The highest BCUT2D eigenvalue weighted by Crippen LogP contribution is 2.24. The van der Waals surface area contributed by atoms with Crippen molar-refractivity contribution in [1.82, 2.24) is 15.0 Å². The van der Waals surface area contributed by atoms with E-state index in [-0.39, 0.29) is 5.63 Å². The van der Waals surface area contributed by atoms with E-state index in [1.54, 1.807) is 6.07 Å². The topological polar surface area (TPSA) is 68.9 Å². The summed E-state index contributed by atoms with van der Waals surface area (Å²) in [6, 6.07) is 16.9. The van der Waals surface area contributed by atoms with E-state index in [2.05, 4.69) is 15.0 Å². The second kappa shape index (κ2) is 5.46. The van der Waals surface area contributed by atoms with Crippen molar-refractivity contribution < 1.29 is 4.42 Å². The average molecular weight is 301 g/mol. The molecule has 2 heterocycles. The van der Waals surface area contributed by atoms with Crippen molar-refractivity contribution >= 4 is 11.0 Å². The van der Waals surface area contributed by atoms with Crippen LogP contribution in [-0.4, -0.2) is 15.0 Å². The summed E-state index contributed by atoms with van der Waals surface area (Å²) in [6.07, 6.45) is 2.86. The molecule has 0 fully saturated rings. The highest BCUT2D eigenvalue weighted by molar-refractivity contribution is 5.84. The fourth-order valence-electron chi connectivity index (χ4n) is 2.46. The number of hydrogen-bond donors (Lipinski definition) is 0. The Hall–Kier alpha value is -3.34. The molecule has 0 saturated heterocycles. The molecule has 0 radical (unpaired) electrons. The molecule has 0 atom stereocenters. The molecular formula is C18H11N3O2. The van der Waals surface area contributed by atoms with Crippen LogP contribution in [0.15, 0.2) is 76.5 Å². The third-order valence-electron chi connectivity index (χ3n) is 3.57. The molecular weight excluding hydrogens is 290 g/mol. The van der Waals surface area contributed by atoms with Crippen molar-refractivity contribution in [3.8, 4) is 22.5 Å². The van der Waals surface area contributed by atoms with Gasteiger partial charge in [0.05, 0.1) is 5.56 Å². The Kier molecular flexibility index (Phi) is 3.16. The second-order valence-corrected chi connectivity index (χ2v) is 5.03. The maximum absolute atomic E-state index is 12.3. The molecule has 4 rings (SSSR count). The van der Waals surface area contributed by atoms with Crippen molar-refractivity contribution in [3.63, 3.8) is 0 Å². The molecule has 0 spiro atoms. The zero-order valence-electron chi connectivity index (χ0n) is 12.0. The van der Waals surface area contributed by atoms with Crippen LogP contribution in [0.1, 0.15) is 0 Å². The summed E-state index contributed by atoms with van der Waals surface area (Å²) in [7, 11) is 0. The Balaban J connectivity index is 1.88. The minimum absolute atomic E-state index is 0.364. The Bertz CT molecular complexity index is 1030. The van der Waals surface area contributed by atoms with Gasteiger partial charge in [-0.2, -0.15) is 0 Å². The van der Waals surface area contributed by atoms with Crippen LogP contribution < -0.4 is 5.63 Å². The zero-order chi connectivity index (χ0) is 15.6. The van der Waals surface area contributed by atoms with Gasteiger partial charge in [-0.1, -0.05) is 42.5 Å². The lowest BCUT2D eigenvalue weighted by molar-refractivity contribution is 0.563. The number of rotatable bonds is 2. The molecule has 0 aliphatic rings. The van der Waals surface area contributed by atoms with Gasteiger partial charge in [-0.3, -0.25) is 0 Å². The van der Waals surface area contributed by atoms with E-state index >= 15 is 0 Å². The normalized spacial score (nSPS) is 10.8. The Morgan fingerprint density at radius 1 is 0.826 bits per heavy atom. The van der Waals surface area contributed by atoms with Crippen LogP contribution in [-0.2, 0) is 0 Å². The number of hydrogen-bond acceptors (Lipinski definition) is 5. The van der Waals surface area contributed by atoms with Crippen molar-refractivity contribution in [3.05, 3.63) is 77.7 Å². The van der Waals surface area contributed by atoms with E-state index in [0.29, 0.717) is 17.0 Å². The largest absolute Gasteiger partial charge is 0.422 e. The molecule has 2 aromatic carbocycles. The first-order chi connectivity index (χ1) is 11.3. The van der Waals surface area contributed by atoms with Crippen LogP contribution >= 0.6 is 0 Å². The molecule has 5 heteroatoms. The molecule has 0 aliphatic heterocycles. The van der Waals surface area contributed by atoms with Gasteiger partial charge >= 0.3 is 5.63 Å². The van der Waals surface area contributed by atoms with E-state index in [1.807, 2.05) is 48.5 Å². The van der Waals surface area contributed by atoms with Crippen molar-refractivity contribution in [2.24, 2.45) is 0 Å². The Morgan fingerprint density at radius 3 is 2.39 bits per heavy atom. The molecule has 0 unspecified atom stereocenters. The predicted molar refractivity (Wildman–Crippen MR) is 86.7 cm³/mol. The van der Waals surface area contributed by atoms with Crippen LogP contribution in [0.5, 0.6) is 0 Å². The molecule has 4 aromatic rings. The molecule has 2 aromatic heterocycles. The third kappa shape index (κ3) is 2.48. The second-order valence-electron chi connectivity index (χ2n) is 5.03. The number of nitrogens with zero attached hydrogens (tertiary/aromatic N) is 3. The lowest BCUT2D eigenvalue weighted by atomic mass is 10.1. The SMILES string of the molecule is O=c1oc2cc(-c3ncncn3)ccc2cc1-c1ccccc1. The van der Waals surface area contributed by atoms with Gasteiger partial charge in [-0.25, -0.2) is 19.7 Å². The fraction of sp³-hybridized carbons (Fsp3) is 0. The minimum atomic E-state index is -0.364. The summed E-state index contributed by atoms with van der Waals surface area (Å²) >= 11 is 0. The summed E-state index contributed by atoms with van der Waals surface area (Å²) in [5.74, 6) is 0.539. The first-order valence-corrected chi connectivity index (χ1v) is 7.07. The molecule has 110 valence electrons. The van der Waals surface area contributed by atoms with Gasteiger partial charge in [-0.05, 0) is 17.7 Å². The molecule has 0 saturated carbocycles. The molecule has 5 nitrogen and oxygen atoms in total. The Morgan fingerprint density at radius 2 is 1.61 bits per heavy atom. The van der Waals surface area contributed by atoms with Crippen LogP contribution in [0.2, 0.25) is 0 Å². The van der Waals surface area contributed by atoms with E-state index in [4.69, 9.17) is 4.42 Å². The van der Waals surface area contributed by atoms with Crippen LogP contribution in [0.3, 0.4) is 0 Å². The highest BCUT2D eigenvalue weighted by Gasteiger charge is 2.09. The van der Waals surface area contributed by atoms with Gasteiger partial charge in [0.15, 0.2) is 5.82 Å². The number of fused-ring (bicyclic) bond motifs is 1. The summed E-state index contributed by atoms with van der Waals surface area (Å²) in [6.45, 7) is 0. The van der Waals surface area contributed by atoms with Crippen molar-refractivity contribution in [2.75, 3.05) is 0 Å². The molecule has 0 N–H and O–H groups in total. The average Bonchev–Trinajstić information content (AvgIpc) is 2.62. The van der Waals surface area contributed by atoms with Crippen molar-refractivity contribution in [1.29, 1.82) is 0 Å². The predicted octanol–water partition coefficient (Wildman–Crippen LogP) is 3.31. The maximum Gasteiger partial charge on any atom is 0.344 e. The Labute approximate surface area is 131 Å². The lowest BCUT2D eigenvalue weighted by Gasteiger charge is -2.04. The van der Waals surface area contributed by atoms with Crippen LogP contribution in [0.25, 0.3) is 33.5 Å². The molecule has 0 amide bonds. The van der Waals surface area contributed by atoms with Gasteiger partial charge in [0.1, 0.15) is 18.2 Å². The molecule has 0 bridgehead atoms. The molecule has 0 aliphatic carbocycles. The zero-order valence-corrected chi connectivity index (χ0v) is 12.0. The summed E-state index contributed by atoms with van der Waals surface area (Å²) in [4.78, 5) is 24.3. The summed E-state index contributed by atoms with van der Waals surface area (Å²) in [5, 5.41) is 0.848. The minimum Gasteiger partial charge on any atom is -0.422 e. The van der Waals surface area contributed by atoms with Crippen molar-refractivity contribution in [2.45, 2.75) is 0 Å². The smallest absolute Gasteiger partial charge is 0.344 e. The lowest BCUT2D eigenvalue weighted by Crippen LogP contribution is -2.02. The first kappa shape index (κ1) is 13.3. The van der Waals surface area contributed by atoms with Gasteiger partial charge in [0.25, 0.3) is 0 Å². The maximum atomic E-state index is 12.3. The van der Waals surface area contributed by atoms with Gasteiger partial charge in [0.2, 0.25) is 0 Å². The quantitative estimate of drug-likeness (QED) is 0.531. The third-order valence-corrected chi connectivity index (χ3v) is 3.57. The van der Waals surface area contributed by atoms with Crippen LogP contribution in [0, 0.1) is 0 Å². The van der Waals surface area contributed by atoms with Crippen LogP contribution in [0.4, 0.5) is 0 Å². The van der Waals surface area contributed by atoms with Gasteiger partial charge in [-0.15, -0.1) is 0 Å². The first-order valence-electron chi connectivity index (χ1n) is 7.07. The molecule has 23 heavy (non-hydrogen) atoms. The van der Waals surface area contributed by atoms with Gasteiger partial charge < -0.3 is 4.42 Å². The number of aromatic nitrogens is 3. The summed E-state index contributed by atoms with van der Waals surface area (Å²) in [5.41, 5.74) is 2.30. The number of benzene rings is 2. The fourth-order valence-corrected chi connectivity index (χ4v) is 2.46. The highest BCUT2D eigenvalue weighted by atomic mass is 16.4. The van der Waals surface area contributed by atoms with Gasteiger partial charge in [0, 0.05) is 10.9 Å². The van der Waals surface area contributed by atoms with E-state index < -0.39 is 0 Å².